The molecule has 7 nitrogen and oxygen atoms in total. The Bertz CT molecular complexity index is 1200. The van der Waals surface area contributed by atoms with Gasteiger partial charge in [-0.05, 0) is 30.3 Å². The van der Waals surface area contributed by atoms with Crippen molar-refractivity contribution >= 4 is 39.1 Å². The van der Waals surface area contributed by atoms with Gasteiger partial charge in [-0.2, -0.15) is 0 Å². The quantitative estimate of drug-likeness (QED) is 0.471. The van der Waals surface area contributed by atoms with Gasteiger partial charge in [0.25, 0.3) is 5.91 Å². The van der Waals surface area contributed by atoms with Crippen LogP contribution in [0.2, 0.25) is 5.02 Å². The zero-order valence-electron chi connectivity index (χ0n) is 16.0. The van der Waals surface area contributed by atoms with E-state index >= 15 is 0 Å². The van der Waals surface area contributed by atoms with Crippen molar-refractivity contribution in [3.05, 3.63) is 57.9 Å². The van der Waals surface area contributed by atoms with Crippen LogP contribution >= 0.6 is 22.9 Å². The lowest BCUT2D eigenvalue weighted by molar-refractivity contribution is 0.0828. The number of hydrogen-bond acceptors (Lipinski definition) is 7. The molecular weight excluding hydrogens is 412 g/mol. The minimum Gasteiger partial charge on any atom is -0.494 e. The molecule has 0 atom stereocenters. The van der Waals surface area contributed by atoms with E-state index in [1.807, 2.05) is 18.2 Å². The Morgan fingerprint density at radius 1 is 1.24 bits per heavy atom. The molecule has 0 spiro atoms. The molecule has 9 heteroatoms. The van der Waals surface area contributed by atoms with Crippen LogP contribution in [-0.4, -0.2) is 47.2 Å². The number of amides is 1. The number of carbonyl (C=O) groups is 1. The van der Waals surface area contributed by atoms with Crippen molar-refractivity contribution in [1.82, 2.24) is 20.1 Å². The normalized spacial score (nSPS) is 11.0. The van der Waals surface area contributed by atoms with Crippen LogP contribution in [0.4, 0.5) is 0 Å². The molecule has 0 unspecified atom stereocenters. The number of rotatable bonds is 5. The summed E-state index contributed by atoms with van der Waals surface area (Å²) in [7, 11) is 4.96. The topological polar surface area (TPSA) is 81.4 Å². The Labute approximate surface area is 175 Å². The van der Waals surface area contributed by atoms with Gasteiger partial charge in [0.1, 0.15) is 16.3 Å². The first-order chi connectivity index (χ1) is 14.0. The number of nitrogens with zero attached hydrogens (tertiary/aromatic N) is 4. The van der Waals surface area contributed by atoms with E-state index in [9.17, 15) is 4.79 Å². The highest BCUT2D eigenvalue weighted by Crippen LogP contribution is 2.31. The molecule has 0 radical (unpaired) electrons. The van der Waals surface area contributed by atoms with Crippen LogP contribution < -0.4 is 4.74 Å². The first kappa shape index (κ1) is 19.4. The summed E-state index contributed by atoms with van der Waals surface area (Å²) >= 11 is 7.72. The third kappa shape index (κ3) is 3.81. The highest BCUT2D eigenvalue weighted by atomic mass is 35.5. The fourth-order valence-corrected chi connectivity index (χ4v) is 4.02. The summed E-state index contributed by atoms with van der Waals surface area (Å²) < 4.78 is 12.2. The number of halogens is 1. The standard InChI is InChI=1S/C20H17ClN4O3S/c1-25(2)20(26)12-9-11(7-8-13(12)21)19-24-23-16(28-19)10-17-22-18-14(27-3)5-4-6-15(18)29-17/h4-9H,10H2,1-3H3. The zero-order valence-corrected chi connectivity index (χ0v) is 17.5. The molecule has 2 aromatic carbocycles. The first-order valence-corrected chi connectivity index (χ1v) is 9.92. The number of fused-ring (bicyclic) bond motifs is 1. The van der Waals surface area contributed by atoms with E-state index in [1.165, 1.54) is 4.90 Å². The van der Waals surface area contributed by atoms with Gasteiger partial charge in [-0.1, -0.05) is 17.7 Å². The molecule has 0 saturated heterocycles. The molecule has 1 amide bonds. The predicted octanol–water partition coefficient (Wildman–Crippen LogP) is 4.30. The lowest BCUT2D eigenvalue weighted by Gasteiger charge is -2.11. The number of thiazole rings is 1. The van der Waals surface area contributed by atoms with Crippen LogP contribution in [0.15, 0.2) is 40.8 Å². The number of benzene rings is 2. The summed E-state index contributed by atoms with van der Waals surface area (Å²) in [6, 6.07) is 10.9. The minimum absolute atomic E-state index is 0.194. The summed E-state index contributed by atoms with van der Waals surface area (Å²) in [4.78, 5) is 18.4. The van der Waals surface area contributed by atoms with Crippen LogP contribution in [-0.2, 0) is 6.42 Å². The Morgan fingerprint density at radius 3 is 2.83 bits per heavy atom. The van der Waals surface area contributed by atoms with Crippen molar-refractivity contribution in [2.75, 3.05) is 21.2 Å². The summed E-state index contributed by atoms with van der Waals surface area (Å²) in [5, 5.41) is 9.45. The summed E-state index contributed by atoms with van der Waals surface area (Å²) in [6.07, 6.45) is 0.409. The van der Waals surface area contributed by atoms with Crippen molar-refractivity contribution in [2.45, 2.75) is 6.42 Å². The van der Waals surface area contributed by atoms with E-state index in [-0.39, 0.29) is 5.91 Å². The van der Waals surface area contributed by atoms with Gasteiger partial charge in [-0.3, -0.25) is 4.79 Å². The lowest BCUT2D eigenvalue weighted by atomic mass is 10.1. The van der Waals surface area contributed by atoms with Crippen LogP contribution in [0.25, 0.3) is 21.7 Å². The summed E-state index contributed by atoms with van der Waals surface area (Å²) in [5.74, 6) is 1.30. The number of methoxy groups -OCH3 is 1. The molecule has 0 bridgehead atoms. The van der Waals surface area contributed by atoms with E-state index in [1.54, 1.807) is 50.7 Å². The second-order valence-corrected chi connectivity index (χ2v) is 8.01. The average Bonchev–Trinajstić information content (AvgIpc) is 3.34. The molecule has 4 aromatic rings. The van der Waals surface area contributed by atoms with E-state index in [2.05, 4.69) is 15.2 Å². The maximum atomic E-state index is 12.3. The smallest absolute Gasteiger partial charge is 0.254 e. The van der Waals surface area contributed by atoms with Crippen LogP contribution in [0, 0.1) is 0 Å². The molecule has 29 heavy (non-hydrogen) atoms. The Hall–Kier alpha value is -2.97. The van der Waals surface area contributed by atoms with Crippen molar-refractivity contribution in [3.8, 4) is 17.2 Å². The van der Waals surface area contributed by atoms with Crippen LogP contribution in [0.1, 0.15) is 21.3 Å². The van der Waals surface area contributed by atoms with Crippen molar-refractivity contribution in [2.24, 2.45) is 0 Å². The third-order valence-corrected chi connectivity index (χ3v) is 5.62. The number of aromatic nitrogens is 3. The summed E-state index contributed by atoms with van der Waals surface area (Å²) in [5.41, 5.74) is 1.83. The monoisotopic (exact) mass is 428 g/mol. The molecule has 4 rings (SSSR count). The zero-order chi connectivity index (χ0) is 20.5. The number of para-hydroxylation sites is 1. The second kappa shape index (κ2) is 7.81. The third-order valence-electron chi connectivity index (χ3n) is 4.27. The molecule has 2 heterocycles. The number of ether oxygens (including phenoxy) is 1. The van der Waals surface area contributed by atoms with E-state index in [0.717, 1.165) is 21.0 Å². The molecular formula is C20H17ClN4O3S. The van der Waals surface area contributed by atoms with Gasteiger partial charge in [-0.15, -0.1) is 21.5 Å². The summed E-state index contributed by atoms with van der Waals surface area (Å²) in [6.45, 7) is 0. The van der Waals surface area contributed by atoms with E-state index in [4.69, 9.17) is 20.8 Å². The molecule has 0 saturated carbocycles. The molecule has 2 aromatic heterocycles. The van der Waals surface area contributed by atoms with Gasteiger partial charge in [0.05, 0.1) is 28.8 Å². The van der Waals surface area contributed by atoms with Gasteiger partial charge in [0.15, 0.2) is 0 Å². The maximum absolute atomic E-state index is 12.3. The van der Waals surface area contributed by atoms with Crippen LogP contribution in [0.5, 0.6) is 5.75 Å². The first-order valence-electron chi connectivity index (χ1n) is 8.72. The highest BCUT2D eigenvalue weighted by molar-refractivity contribution is 7.18. The highest BCUT2D eigenvalue weighted by Gasteiger charge is 2.17. The Balaban J connectivity index is 1.61. The molecule has 148 valence electrons. The predicted molar refractivity (Wildman–Crippen MR) is 112 cm³/mol. The molecule has 0 aliphatic heterocycles. The average molecular weight is 429 g/mol. The van der Waals surface area contributed by atoms with Crippen molar-refractivity contribution in [3.63, 3.8) is 0 Å². The SMILES string of the molecule is COc1cccc2sc(Cc3nnc(-c4ccc(Cl)c(C(=O)N(C)C)c4)o3)nc12. The van der Waals surface area contributed by atoms with E-state index in [0.29, 0.717) is 34.4 Å². The lowest BCUT2D eigenvalue weighted by Crippen LogP contribution is -2.22. The molecule has 0 fully saturated rings. The Kier molecular flexibility index (Phi) is 5.21. The van der Waals surface area contributed by atoms with E-state index < -0.39 is 0 Å². The fraction of sp³-hybridized carbons (Fsp3) is 0.200. The number of carbonyl (C=O) groups excluding carboxylic acids is 1. The Morgan fingerprint density at radius 2 is 2.07 bits per heavy atom. The fourth-order valence-electron chi connectivity index (χ4n) is 2.84. The van der Waals surface area contributed by atoms with Gasteiger partial charge >= 0.3 is 0 Å². The molecule has 0 N–H and O–H groups in total. The van der Waals surface area contributed by atoms with Gasteiger partial charge in [-0.25, -0.2) is 4.98 Å². The van der Waals surface area contributed by atoms with Crippen molar-refractivity contribution < 1.29 is 13.9 Å². The number of hydrogen-bond donors (Lipinski definition) is 0. The maximum Gasteiger partial charge on any atom is 0.254 e. The molecule has 0 aliphatic rings. The largest absolute Gasteiger partial charge is 0.494 e. The second-order valence-electron chi connectivity index (χ2n) is 6.49. The van der Waals surface area contributed by atoms with Crippen molar-refractivity contribution in [1.29, 1.82) is 0 Å². The van der Waals surface area contributed by atoms with Gasteiger partial charge in [0, 0.05) is 19.7 Å². The van der Waals surface area contributed by atoms with Gasteiger partial charge in [0.2, 0.25) is 11.8 Å². The van der Waals surface area contributed by atoms with Gasteiger partial charge < -0.3 is 14.1 Å². The molecule has 0 aliphatic carbocycles. The van der Waals surface area contributed by atoms with Crippen LogP contribution in [0.3, 0.4) is 0 Å². The minimum atomic E-state index is -0.194.